The van der Waals surface area contributed by atoms with Gasteiger partial charge in [-0.1, -0.05) is 33.8 Å². The highest BCUT2D eigenvalue weighted by Crippen LogP contribution is 2.69. The third-order valence-electron chi connectivity index (χ3n) is 12.2. The van der Waals surface area contributed by atoms with Gasteiger partial charge in [-0.2, -0.15) is 8.42 Å². The van der Waals surface area contributed by atoms with Gasteiger partial charge in [0.25, 0.3) is 0 Å². The van der Waals surface area contributed by atoms with Crippen LogP contribution in [0.25, 0.3) is 0 Å². The van der Waals surface area contributed by atoms with Gasteiger partial charge in [0.05, 0.1) is 42.7 Å². The number of allylic oxidation sites excluding steroid dienone is 1. The van der Waals surface area contributed by atoms with Gasteiger partial charge in [0, 0.05) is 17.8 Å². The van der Waals surface area contributed by atoms with Crippen LogP contribution in [0.4, 0.5) is 0 Å². The van der Waals surface area contributed by atoms with Crippen LogP contribution in [0.3, 0.4) is 0 Å². The highest BCUT2D eigenvalue weighted by molar-refractivity contribution is 7.80. The summed E-state index contributed by atoms with van der Waals surface area (Å²) in [5.74, 6) is -0.636. The molecule has 4 aliphatic carbocycles. The number of hydrogen-bond donors (Lipinski definition) is 7. The first kappa shape index (κ1) is 32.3. The van der Waals surface area contributed by atoms with Crippen molar-refractivity contribution in [3.05, 3.63) is 11.6 Å². The van der Waals surface area contributed by atoms with E-state index in [2.05, 4.69) is 18.0 Å². The Bertz CT molecular complexity index is 1080. The first-order valence-electron chi connectivity index (χ1n) is 14.7. The number of rotatable bonds is 8. The summed E-state index contributed by atoms with van der Waals surface area (Å²) < 4.78 is 35.4. The quantitative estimate of drug-likeness (QED) is 0.162. The molecule has 0 aromatic carbocycles. The maximum atomic E-state index is 11.7. The lowest BCUT2D eigenvalue weighted by molar-refractivity contribution is -0.268. The van der Waals surface area contributed by atoms with E-state index in [1.807, 2.05) is 13.0 Å². The Morgan fingerprint density at radius 2 is 1.77 bits per heavy atom. The van der Waals surface area contributed by atoms with Gasteiger partial charge in [-0.15, -0.1) is 0 Å². The van der Waals surface area contributed by atoms with Gasteiger partial charge in [-0.25, -0.2) is 4.18 Å². The summed E-state index contributed by atoms with van der Waals surface area (Å²) in [7, 11) is -4.73. The molecule has 13 atom stereocenters. The van der Waals surface area contributed by atoms with Crippen molar-refractivity contribution in [2.24, 2.45) is 46.3 Å². The zero-order valence-corrected chi connectivity index (χ0v) is 25.2. The summed E-state index contributed by atoms with van der Waals surface area (Å²) in [6.07, 6.45) is 3.72. The Hall–Kier alpha value is -0.630. The molecule has 4 saturated carbocycles. The van der Waals surface area contributed by atoms with Crippen LogP contribution in [0.1, 0.15) is 79.6 Å². The smallest absolute Gasteiger partial charge is 0.393 e. The lowest BCUT2D eigenvalue weighted by Crippen LogP contribution is -2.69. The van der Waals surface area contributed by atoms with E-state index in [4.69, 9.17) is 4.55 Å². The zero-order valence-electron chi connectivity index (χ0n) is 24.4. The van der Waals surface area contributed by atoms with E-state index in [0.717, 1.165) is 12.8 Å². The normalized spacial score (nSPS) is 47.0. The van der Waals surface area contributed by atoms with E-state index >= 15 is 0 Å². The summed E-state index contributed by atoms with van der Waals surface area (Å²) in [6, 6.07) is 0. The molecule has 0 bridgehead atoms. The molecule has 11 heteroatoms. The van der Waals surface area contributed by atoms with Crippen LogP contribution in [-0.4, -0.2) is 86.3 Å². The van der Waals surface area contributed by atoms with E-state index in [9.17, 15) is 39.1 Å². The predicted molar refractivity (Wildman–Crippen MR) is 147 cm³/mol. The summed E-state index contributed by atoms with van der Waals surface area (Å²) in [5, 5.41) is 65.8. The largest absolute Gasteiger partial charge is 0.397 e. The Kier molecular flexibility index (Phi) is 8.73. The van der Waals surface area contributed by atoms with Crippen LogP contribution in [0.15, 0.2) is 11.6 Å². The molecule has 0 heterocycles. The van der Waals surface area contributed by atoms with Gasteiger partial charge in [-0.05, 0) is 86.0 Å². The minimum atomic E-state index is -4.73. The van der Waals surface area contributed by atoms with Crippen molar-refractivity contribution < 1.29 is 47.8 Å². The molecule has 0 amide bonds. The third-order valence-corrected chi connectivity index (χ3v) is 12.6. The van der Waals surface area contributed by atoms with Gasteiger partial charge < -0.3 is 30.6 Å². The van der Waals surface area contributed by atoms with Crippen molar-refractivity contribution in [3.63, 3.8) is 0 Å². The van der Waals surface area contributed by atoms with E-state index in [0.29, 0.717) is 31.3 Å². The lowest BCUT2D eigenvalue weighted by atomic mass is 9.42. The van der Waals surface area contributed by atoms with Crippen LogP contribution in [0.2, 0.25) is 0 Å². The third kappa shape index (κ3) is 5.32. The van der Waals surface area contributed by atoms with E-state index in [-0.39, 0.29) is 48.0 Å². The van der Waals surface area contributed by atoms with Crippen molar-refractivity contribution in [2.45, 2.75) is 109 Å². The molecule has 4 unspecified atom stereocenters. The molecule has 40 heavy (non-hydrogen) atoms. The summed E-state index contributed by atoms with van der Waals surface area (Å²) in [6.45, 7) is 8.30. The van der Waals surface area contributed by atoms with Gasteiger partial charge in [0.1, 0.15) is 0 Å². The van der Waals surface area contributed by atoms with Gasteiger partial charge in [-0.3, -0.25) is 4.55 Å². The Balaban J connectivity index is 1.58. The first-order chi connectivity index (χ1) is 18.3. The SMILES string of the molecule is C[C@H](/C=C(\CO)[C@H](C)[C@](C)(O)COS(=O)(=O)O)[C@H]1CC(O)C2C3C[C@@H](O)[C@@]4(O)C[C@@H](O)CC[C@]4(C)C3CC[C@@]21C. The van der Waals surface area contributed by atoms with Crippen LogP contribution in [0, 0.1) is 46.3 Å². The van der Waals surface area contributed by atoms with Gasteiger partial charge in [0.2, 0.25) is 0 Å². The molecule has 10 nitrogen and oxygen atoms in total. The van der Waals surface area contributed by atoms with Crippen LogP contribution in [-0.2, 0) is 14.6 Å². The second-order valence-electron chi connectivity index (χ2n) is 14.3. The van der Waals surface area contributed by atoms with Crippen LogP contribution >= 0.6 is 0 Å². The van der Waals surface area contributed by atoms with Crippen LogP contribution in [0.5, 0.6) is 0 Å². The minimum absolute atomic E-state index is 0.0278. The molecule has 0 saturated heterocycles. The number of aliphatic hydroxyl groups excluding tert-OH is 4. The molecule has 0 aliphatic heterocycles. The van der Waals surface area contributed by atoms with Gasteiger partial charge in [0.15, 0.2) is 0 Å². The minimum Gasteiger partial charge on any atom is -0.393 e. The highest BCUT2D eigenvalue weighted by atomic mass is 32.3. The van der Waals surface area contributed by atoms with Gasteiger partial charge >= 0.3 is 10.4 Å². The lowest BCUT2D eigenvalue weighted by Gasteiger charge is -2.65. The summed E-state index contributed by atoms with van der Waals surface area (Å²) in [4.78, 5) is 0. The Labute approximate surface area is 238 Å². The molecule has 4 rings (SSSR count). The fourth-order valence-electron chi connectivity index (χ4n) is 9.70. The molecular weight excluding hydrogens is 540 g/mol. The van der Waals surface area contributed by atoms with Crippen molar-refractivity contribution >= 4 is 10.4 Å². The van der Waals surface area contributed by atoms with Crippen molar-refractivity contribution in [1.82, 2.24) is 0 Å². The highest BCUT2D eigenvalue weighted by Gasteiger charge is 2.68. The maximum Gasteiger partial charge on any atom is 0.397 e. The summed E-state index contributed by atoms with van der Waals surface area (Å²) >= 11 is 0. The second-order valence-corrected chi connectivity index (χ2v) is 15.4. The Morgan fingerprint density at radius 3 is 2.38 bits per heavy atom. The molecule has 0 aromatic heterocycles. The van der Waals surface area contributed by atoms with Crippen molar-refractivity contribution in [1.29, 1.82) is 0 Å². The number of aliphatic hydroxyl groups is 6. The summed E-state index contributed by atoms with van der Waals surface area (Å²) in [5.41, 5.74) is -3.31. The predicted octanol–water partition coefficient (Wildman–Crippen LogP) is 1.82. The average molecular weight is 591 g/mol. The Morgan fingerprint density at radius 1 is 1.12 bits per heavy atom. The fraction of sp³-hybridized carbons (Fsp3) is 0.931. The average Bonchev–Trinajstić information content (AvgIpc) is 3.13. The fourth-order valence-corrected chi connectivity index (χ4v) is 10.1. The van der Waals surface area contributed by atoms with Crippen molar-refractivity contribution in [2.75, 3.05) is 13.2 Å². The molecule has 7 N–H and O–H groups in total. The van der Waals surface area contributed by atoms with Crippen LogP contribution < -0.4 is 0 Å². The molecule has 232 valence electrons. The molecule has 0 spiro atoms. The van der Waals surface area contributed by atoms with Crippen molar-refractivity contribution in [3.8, 4) is 0 Å². The standard InChI is InChI=1S/C29H50O10S/c1-16(10-18(14-30)17(2)28(5,34)15-39-40(36,37)38)22-12-23(32)25-20-11-24(33)29(35)13-19(31)6-9-27(29,4)21(20)7-8-26(22,25)3/h10,16-17,19-25,30-35H,6-9,11-15H2,1-5H3,(H,36,37,38)/b18-10+/t16-,17+,19+,20?,21?,22-,23?,24-,25?,26-,27-,28-,29+/m1/s1. The molecule has 0 aromatic rings. The monoisotopic (exact) mass is 590 g/mol. The topological polar surface area (TPSA) is 185 Å². The molecule has 4 fully saturated rings. The number of fused-ring (bicyclic) bond motifs is 5. The first-order valence-corrected chi connectivity index (χ1v) is 16.1. The molecular formula is C29H50O10S. The maximum absolute atomic E-state index is 11.7. The number of hydrogen-bond acceptors (Lipinski definition) is 9. The van der Waals surface area contributed by atoms with E-state index in [1.54, 1.807) is 6.92 Å². The zero-order chi connectivity index (χ0) is 30.1. The van der Waals surface area contributed by atoms with E-state index in [1.165, 1.54) is 6.92 Å². The van der Waals surface area contributed by atoms with E-state index < -0.39 is 57.9 Å². The molecule has 0 radical (unpaired) electrons. The molecule has 4 aliphatic rings. The second kappa shape index (κ2) is 10.8.